The molecule has 1 aliphatic carbocycles. The molecule has 0 spiro atoms. The Labute approximate surface area is 73.9 Å². The summed E-state index contributed by atoms with van der Waals surface area (Å²) in [5.41, 5.74) is 1.63. The number of nitrogens with zero attached hydrogens (tertiary/aromatic N) is 1. The van der Waals surface area contributed by atoms with Crippen molar-refractivity contribution in [1.29, 1.82) is 0 Å². The molecular formula is C10H17NO. The Hall–Kier alpha value is -0.340. The van der Waals surface area contributed by atoms with Crippen molar-refractivity contribution in [3.05, 3.63) is 12.2 Å². The van der Waals surface area contributed by atoms with E-state index in [0.29, 0.717) is 6.61 Å². The molecule has 2 heteroatoms. The molecule has 1 N–H and O–H groups in total. The van der Waals surface area contributed by atoms with Crippen molar-refractivity contribution in [3.8, 4) is 0 Å². The van der Waals surface area contributed by atoms with E-state index in [2.05, 4.69) is 11.5 Å². The van der Waals surface area contributed by atoms with Gasteiger partial charge in [0.1, 0.15) is 0 Å². The van der Waals surface area contributed by atoms with Crippen LogP contribution < -0.4 is 0 Å². The minimum absolute atomic E-state index is 0.282. The highest BCUT2D eigenvalue weighted by Crippen LogP contribution is 2.46. The molecule has 1 saturated heterocycles. The number of rotatable bonds is 3. The average molecular weight is 167 g/mol. The minimum atomic E-state index is 0.282. The highest BCUT2D eigenvalue weighted by Gasteiger charge is 2.43. The third-order valence-electron chi connectivity index (χ3n) is 3.08. The van der Waals surface area contributed by atoms with Crippen molar-refractivity contribution in [2.24, 2.45) is 5.41 Å². The zero-order chi connectivity index (χ0) is 8.60. The lowest BCUT2D eigenvalue weighted by atomic mass is 10.1. The second kappa shape index (κ2) is 2.86. The van der Waals surface area contributed by atoms with Gasteiger partial charge in [-0.15, -0.1) is 0 Å². The summed E-state index contributed by atoms with van der Waals surface area (Å²) in [5, 5.41) is 9.13. The van der Waals surface area contributed by atoms with E-state index in [1.807, 2.05) is 0 Å². The number of aliphatic hydroxyl groups excluding tert-OH is 1. The number of hydrogen-bond donors (Lipinski definition) is 1. The van der Waals surface area contributed by atoms with Gasteiger partial charge in [-0.25, -0.2) is 0 Å². The monoisotopic (exact) mass is 167 g/mol. The molecule has 0 bridgehead atoms. The third-order valence-corrected chi connectivity index (χ3v) is 3.08. The summed E-state index contributed by atoms with van der Waals surface area (Å²) in [7, 11) is 0. The zero-order valence-corrected chi connectivity index (χ0v) is 7.55. The predicted molar refractivity (Wildman–Crippen MR) is 48.9 cm³/mol. The maximum absolute atomic E-state index is 9.13. The fraction of sp³-hybridized carbons (Fsp3) is 0.800. The molecule has 1 heterocycles. The number of hydrogen-bond acceptors (Lipinski definition) is 2. The van der Waals surface area contributed by atoms with Gasteiger partial charge in [-0.2, -0.15) is 0 Å². The summed E-state index contributed by atoms with van der Waals surface area (Å²) in [6, 6.07) is 0. The van der Waals surface area contributed by atoms with Crippen molar-refractivity contribution >= 4 is 0 Å². The molecule has 12 heavy (non-hydrogen) atoms. The molecular weight excluding hydrogens is 150 g/mol. The Morgan fingerprint density at radius 1 is 1.50 bits per heavy atom. The van der Waals surface area contributed by atoms with Gasteiger partial charge in [-0.3, -0.25) is 4.90 Å². The van der Waals surface area contributed by atoms with E-state index in [1.165, 1.54) is 18.4 Å². The zero-order valence-electron chi connectivity index (χ0n) is 7.55. The first-order valence-corrected chi connectivity index (χ1v) is 4.74. The fourth-order valence-electron chi connectivity index (χ4n) is 1.94. The second-order valence-electron chi connectivity index (χ2n) is 4.37. The van der Waals surface area contributed by atoms with Gasteiger partial charge < -0.3 is 5.11 Å². The maximum Gasteiger partial charge on any atom is 0.0499 e. The Morgan fingerprint density at radius 3 is 2.67 bits per heavy atom. The van der Waals surface area contributed by atoms with Crippen LogP contribution in [-0.2, 0) is 0 Å². The first-order chi connectivity index (χ1) is 5.74. The van der Waals surface area contributed by atoms with Crippen LogP contribution in [0.3, 0.4) is 0 Å². The highest BCUT2D eigenvalue weighted by atomic mass is 16.3. The standard InChI is InChI=1S/C10H17NO/c1-9-2-5-11(6-9)7-10(8-12)3-4-10/h12H,1-8H2. The molecule has 0 amide bonds. The number of likely N-dealkylation sites (tertiary alicyclic amines) is 1. The third kappa shape index (κ3) is 1.54. The summed E-state index contributed by atoms with van der Waals surface area (Å²) >= 11 is 0. The summed E-state index contributed by atoms with van der Waals surface area (Å²) in [6.45, 7) is 7.64. The SMILES string of the molecule is C=C1CCN(CC2(CO)CC2)C1. The molecule has 0 aromatic heterocycles. The lowest BCUT2D eigenvalue weighted by molar-refractivity contribution is 0.165. The van der Waals surface area contributed by atoms with Gasteiger partial charge in [0, 0.05) is 31.7 Å². The van der Waals surface area contributed by atoms with Crippen LogP contribution in [0.1, 0.15) is 19.3 Å². The van der Waals surface area contributed by atoms with Crippen molar-refractivity contribution < 1.29 is 5.11 Å². The first kappa shape index (κ1) is 8.27. The fourth-order valence-corrected chi connectivity index (χ4v) is 1.94. The minimum Gasteiger partial charge on any atom is -0.396 e. The molecule has 2 nitrogen and oxygen atoms in total. The van der Waals surface area contributed by atoms with Crippen LogP contribution in [0.4, 0.5) is 0 Å². The predicted octanol–water partition coefficient (Wildman–Crippen LogP) is 1.02. The summed E-state index contributed by atoms with van der Waals surface area (Å²) in [4.78, 5) is 2.42. The molecule has 2 fully saturated rings. The molecule has 1 saturated carbocycles. The van der Waals surface area contributed by atoms with E-state index >= 15 is 0 Å². The Bertz CT molecular complexity index is 196. The van der Waals surface area contributed by atoms with E-state index < -0.39 is 0 Å². The first-order valence-electron chi connectivity index (χ1n) is 4.74. The van der Waals surface area contributed by atoms with Crippen LogP contribution in [0.5, 0.6) is 0 Å². The van der Waals surface area contributed by atoms with Crippen molar-refractivity contribution in [2.75, 3.05) is 26.2 Å². The molecule has 0 atom stereocenters. The summed E-state index contributed by atoms with van der Waals surface area (Å²) in [6.07, 6.45) is 3.58. The smallest absolute Gasteiger partial charge is 0.0499 e. The van der Waals surface area contributed by atoms with Crippen LogP contribution in [0, 0.1) is 5.41 Å². The van der Waals surface area contributed by atoms with Gasteiger partial charge in [0.05, 0.1) is 0 Å². The van der Waals surface area contributed by atoms with Gasteiger partial charge in [-0.05, 0) is 19.3 Å². The Morgan fingerprint density at radius 2 is 2.25 bits per heavy atom. The average Bonchev–Trinajstić information content (AvgIpc) is 2.71. The topological polar surface area (TPSA) is 23.5 Å². The molecule has 0 radical (unpaired) electrons. The molecule has 68 valence electrons. The largest absolute Gasteiger partial charge is 0.396 e. The van der Waals surface area contributed by atoms with E-state index in [1.54, 1.807) is 0 Å². The normalized spacial score (nSPS) is 27.9. The molecule has 0 aromatic rings. The van der Waals surface area contributed by atoms with Crippen LogP contribution >= 0.6 is 0 Å². The van der Waals surface area contributed by atoms with E-state index in [4.69, 9.17) is 5.11 Å². The van der Waals surface area contributed by atoms with E-state index in [0.717, 1.165) is 26.1 Å². The summed E-state index contributed by atoms with van der Waals surface area (Å²) < 4.78 is 0. The number of aliphatic hydroxyl groups is 1. The van der Waals surface area contributed by atoms with Crippen LogP contribution in [0.25, 0.3) is 0 Å². The molecule has 0 unspecified atom stereocenters. The molecule has 1 aliphatic heterocycles. The maximum atomic E-state index is 9.13. The van der Waals surface area contributed by atoms with Crippen LogP contribution in [0.15, 0.2) is 12.2 Å². The Balaban J connectivity index is 1.83. The molecule has 2 aliphatic rings. The van der Waals surface area contributed by atoms with Crippen molar-refractivity contribution in [2.45, 2.75) is 19.3 Å². The van der Waals surface area contributed by atoms with Gasteiger partial charge in [-0.1, -0.05) is 12.2 Å². The van der Waals surface area contributed by atoms with E-state index in [-0.39, 0.29) is 5.41 Å². The van der Waals surface area contributed by atoms with Crippen molar-refractivity contribution in [1.82, 2.24) is 4.90 Å². The quantitative estimate of drug-likeness (QED) is 0.634. The lowest BCUT2D eigenvalue weighted by Gasteiger charge is -2.20. The second-order valence-corrected chi connectivity index (χ2v) is 4.37. The van der Waals surface area contributed by atoms with Crippen LogP contribution in [0.2, 0.25) is 0 Å². The highest BCUT2D eigenvalue weighted by molar-refractivity contribution is 5.06. The Kier molecular flexibility index (Phi) is 1.97. The molecule has 2 rings (SSSR count). The van der Waals surface area contributed by atoms with E-state index in [9.17, 15) is 0 Å². The van der Waals surface area contributed by atoms with Crippen LogP contribution in [-0.4, -0.2) is 36.2 Å². The van der Waals surface area contributed by atoms with Gasteiger partial charge in [0.2, 0.25) is 0 Å². The van der Waals surface area contributed by atoms with Gasteiger partial charge in [0.15, 0.2) is 0 Å². The molecule has 0 aromatic carbocycles. The van der Waals surface area contributed by atoms with Gasteiger partial charge >= 0.3 is 0 Å². The van der Waals surface area contributed by atoms with Gasteiger partial charge in [0.25, 0.3) is 0 Å². The lowest BCUT2D eigenvalue weighted by Crippen LogP contribution is -2.29. The summed E-state index contributed by atoms with van der Waals surface area (Å²) in [5.74, 6) is 0. The van der Waals surface area contributed by atoms with Crippen molar-refractivity contribution in [3.63, 3.8) is 0 Å².